The summed E-state index contributed by atoms with van der Waals surface area (Å²) < 4.78 is 10.6. The average molecular weight is 309 g/mol. The molecule has 0 radical (unpaired) electrons. The number of nitrogens with two attached hydrogens (primary N) is 1. The van der Waals surface area contributed by atoms with Crippen molar-refractivity contribution in [3.8, 4) is 22.8 Å². The Balaban J connectivity index is 2.18. The molecule has 2 aromatic carbocycles. The molecule has 0 saturated carbocycles. The first-order valence-electron chi connectivity index (χ1n) is 6.91. The molecule has 1 amide bonds. The van der Waals surface area contributed by atoms with Gasteiger partial charge in [-0.3, -0.25) is 9.78 Å². The summed E-state index contributed by atoms with van der Waals surface area (Å²) in [6.45, 7) is 0. The molecule has 0 atom stereocenters. The number of hydrogen-bond donors (Lipinski definition) is 1. The van der Waals surface area contributed by atoms with Gasteiger partial charge in [0.15, 0.2) is 0 Å². The monoisotopic (exact) mass is 309 g/mol. The van der Waals surface area contributed by atoms with E-state index in [1.165, 1.54) is 0 Å². The van der Waals surface area contributed by atoms with Crippen molar-refractivity contribution < 1.29 is 14.3 Å². The van der Waals surface area contributed by atoms with E-state index >= 15 is 0 Å². The molecule has 0 aliphatic heterocycles. The third-order valence-corrected chi connectivity index (χ3v) is 3.51. The molecule has 0 unspecified atom stereocenters. The molecular weight excluding hydrogens is 294 g/mol. The van der Waals surface area contributed by atoms with Crippen LogP contribution in [-0.4, -0.2) is 30.1 Å². The Kier molecular flexibility index (Phi) is 3.80. The van der Waals surface area contributed by atoms with Crippen LogP contribution in [0.5, 0.6) is 11.5 Å². The van der Waals surface area contributed by atoms with Gasteiger partial charge in [-0.1, -0.05) is 0 Å². The number of carbonyl (C=O) groups excluding carboxylic acids is 1. The zero-order valence-electron chi connectivity index (χ0n) is 12.7. The highest BCUT2D eigenvalue weighted by molar-refractivity contribution is 5.96. The average Bonchev–Trinajstić information content (AvgIpc) is 2.60. The molecule has 6 heteroatoms. The van der Waals surface area contributed by atoms with Gasteiger partial charge in [-0.2, -0.15) is 0 Å². The molecule has 1 aromatic heterocycles. The lowest BCUT2D eigenvalue weighted by atomic mass is 10.1. The molecule has 3 rings (SSSR count). The van der Waals surface area contributed by atoms with Gasteiger partial charge in [0.05, 0.1) is 37.1 Å². The lowest BCUT2D eigenvalue weighted by Crippen LogP contribution is -2.10. The smallest absolute Gasteiger partial charge is 0.248 e. The summed E-state index contributed by atoms with van der Waals surface area (Å²) in [4.78, 5) is 20.3. The number of aromatic nitrogens is 2. The maximum Gasteiger partial charge on any atom is 0.248 e. The lowest BCUT2D eigenvalue weighted by Gasteiger charge is -2.10. The number of methoxy groups -OCH3 is 2. The molecule has 0 aliphatic rings. The fourth-order valence-corrected chi connectivity index (χ4v) is 2.31. The number of carbonyl (C=O) groups is 1. The van der Waals surface area contributed by atoms with Crippen molar-refractivity contribution in [3.05, 3.63) is 48.2 Å². The maximum atomic E-state index is 11.3. The van der Waals surface area contributed by atoms with Gasteiger partial charge < -0.3 is 15.2 Å². The molecule has 116 valence electrons. The minimum absolute atomic E-state index is 0.390. The first-order chi connectivity index (χ1) is 11.1. The number of benzene rings is 2. The number of amides is 1. The van der Waals surface area contributed by atoms with Crippen LogP contribution in [0.4, 0.5) is 0 Å². The quantitative estimate of drug-likeness (QED) is 0.799. The number of rotatable bonds is 4. The Bertz CT molecular complexity index is 893. The molecule has 0 aliphatic carbocycles. The van der Waals surface area contributed by atoms with Crippen molar-refractivity contribution in [2.45, 2.75) is 0 Å². The third kappa shape index (κ3) is 2.78. The Labute approximate surface area is 132 Å². The lowest BCUT2D eigenvalue weighted by molar-refractivity contribution is 0.100. The van der Waals surface area contributed by atoms with Gasteiger partial charge in [0.25, 0.3) is 0 Å². The first-order valence-corrected chi connectivity index (χ1v) is 6.91. The van der Waals surface area contributed by atoms with E-state index in [0.717, 1.165) is 5.56 Å². The van der Waals surface area contributed by atoms with E-state index in [0.29, 0.717) is 33.8 Å². The van der Waals surface area contributed by atoms with Crippen LogP contribution in [0.15, 0.2) is 42.6 Å². The standard InChI is InChI=1S/C17H15N3O3/c1-22-11-4-6-16(23-2)12(8-11)15-9-19-13-5-3-10(17(18)21)7-14(13)20-15/h3-9H,1-2H3,(H2,18,21). The maximum absolute atomic E-state index is 11.3. The second-order valence-corrected chi connectivity index (χ2v) is 4.89. The number of hydrogen-bond acceptors (Lipinski definition) is 5. The van der Waals surface area contributed by atoms with Gasteiger partial charge >= 0.3 is 0 Å². The molecule has 6 nitrogen and oxygen atoms in total. The Morgan fingerprint density at radius 3 is 2.57 bits per heavy atom. The van der Waals surface area contributed by atoms with Crippen molar-refractivity contribution in [3.63, 3.8) is 0 Å². The van der Waals surface area contributed by atoms with Crippen molar-refractivity contribution >= 4 is 16.9 Å². The summed E-state index contributed by atoms with van der Waals surface area (Å²) in [6.07, 6.45) is 1.66. The van der Waals surface area contributed by atoms with Crippen LogP contribution in [-0.2, 0) is 0 Å². The molecule has 0 spiro atoms. The van der Waals surface area contributed by atoms with Crippen LogP contribution >= 0.6 is 0 Å². The van der Waals surface area contributed by atoms with E-state index in [1.54, 1.807) is 44.7 Å². The zero-order chi connectivity index (χ0) is 16.4. The second-order valence-electron chi connectivity index (χ2n) is 4.89. The highest BCUT2D eigenvalue weighted by Crippen LogP contribution is 2.32. The molecule has 2 N–H and O–H groups in total. The normalized spacial score (nSPS) is 10.5. The van der Waals surface area contributed by atoms with Crippen LogP contribution in [0.25, 0.3) is 22.3 Å². The van der Waals surface area contributed by atoms with Crippen molar-refractivity contribution in [1.82, 2.24) is 9.97 Å². The minimum atomic E-state index is -0.502. The van der Waals surface area contributed by atoms with E-state index < -0.39 is 5.91 Å². The van der Waals surface area contributed by atoms with Crippen molar-refractivity contribution in [2.75, 3.05) is 14.2 Å². The van der Waals surface area contributed by atoms with Crippen LogP contribution in [0.3, 0.4) is 0 Å². The summed E-state index contributed by atoms with van der Waals surface area (Å²) in [5.74, 6) is 0.845. The summed E-state index contributed by atoms with van der Waals surface area (Å²) >= 11 is 0. The van der Waals surface area contributed by atoms with Gasteiger partial charge in [-0.15, -0.1) is 0 Å². The highest BCUT2D eigenvalue weighted by atomic mass is 16.5. The van der Waals surface area contributed by atoms with Gasteiger partial charge in [-0.05, 0) is 36.4 Å². The largest absolute Gasteiger partial charge is 0.497 e. The predicted octanol–water partition coefficient (Wildman–Crippen LogP) is 2.41. The van der Waals surface area contributed by atoms with Crippen LogP contribution < -0.4 is 15.2 Å². The summed E-state index contributed by atoms with van der Waals surface area (Å²) in [7, 11) is 3.18. The second kappa shape index (κ2) is 5.92. The molecule has 3 aromatic rings. The SMILES string of the molecule is COc1ccc(OC)c(-c2cnc3ccc(C(N)=O)cc3n2)c1. The first kappa shape index (κ1) is 14.8. The Hall–Kier alpha value is -3.15. The van der Waals surface area contributed by atoms with Gasteiger partial charge in [0.1, 0.15) is 11.5 Å². The van der Waals surface area contributed by atoms with Crippen molar-refractivity contribution in [2.24, 2.45) is 5.73 Å². The third-order valence-electron chi connectivity index (χ3n) is 3.51. The zero-order valence-corrected chi connectivity index (χ0v) is 12.7. The number of primary amides is 1. The van der Waals surface area contributed by atoms with E-state index in [4.69, 9.17) is 15.2 Å². The molecule has 0 saturated heterocycles. The van der Waals surface area contributed by atoms with E-state index in [2.05, 4.69) is 9.97 Å². The highest BCUT2D eigenvalue weighted by Gasteiger charge is 2.11. The summed E-state index contributed by atoms with van der Waals surface area (Å²) in [5, 5.41) is 0. The van der Waals surface area contributed by atoms with Gasteiger partial charge in [0.2, 0.25) is 5.91 Å². The molecule has 0 bridgehead atoms. The van der Waals surface area contributed by atoms with E-state index in [-0.39, 0.29) is 0 Å². The molecule has 23 heavy (non-hydrogen) atoms. The topological polar surface area (TPSA) is 87.3 Å². The molecular formula is C17H15N3O3. The van der Waals surface area contributed by atoms with Crippen LogP contribution in [0.2, 0.25) is 0 Å². The number of ether oxygens (including phenoxy) is 2. The Morgan fingerprint density at radius 1 is 1.04 bits per heavy atom. The molecule has 1 heterocycles. The fraction of sp³-hybridized carbons (Fsp3) is 0.118. The number of nitrogens with zero attached hydrogens (tertiary/aromatic N) is 2. The summed E-state index contributed by atoms with van der Waals surface area (Å²) in [5.41, 5.74) is 8.35. The fourth-order valence-electron chi connectivity index (χ4n) is 2.31. The minimum Gasteiger partial charge on any atom is -0.497 e. The van der Waals surface area contributed by atoms with E-state index in [1.807, 2.05) is 12.1 Å². The van der Waals surface area contributed by atoms with Gasteiger partial charge in [0, 0.05) is 11.1 Å². The van der Waals surface area contributed by atoms with Gasteiger partial charge in [-0.25, -0.2) is 4.98 Å². The van der Waals surface area contributed by atoms with E-state index in [9.17, 15) is 4.79 Å². The predicted molar refractivity (Wildman–Crippen MR) is 86.6 cm³/mol. The van der Waals surface area contributed by atoms with Crippen LogP contribution in [0.1, 0.15) is 10.4 Å². The Morgan fingerprint density at radius 2 is 1.87 bits per heavy atom. The number of fused-ring (bicyclic) bond motifs is 1. The van der Waals surface area contributed by atoms with Crippen LogP contribution in [0, 0.1) is 0 Å². The molecule has 0 fully saturated rings. The van der Waals surface area contributed by atoms with Crippen molar-refractivity contribution in [1.29, 1.82) is 0 Å². The summed E-state index contributed by atoms with van der Waals surface area (Å²) in [6, 6.07) is 10.4.